The summed E-state index contributed by atoms with van der Waals surface area (Å²) in [6.07, 6.45) is 0. The largest absolute Gasteiger partial charge is 0.489 e. The van der Waals surface area contributed by atoms with Crippen molar-refractivity contribution in [3.8, 4) is 17.2 Å². The van der Waals surface area contributed by atoms with Crippen LogP contribution in [-0.2, 0) is 6.61 Å². The smallest absolute Gasteiger partial charge is 0.335 e. The number of carboxylic acids is 1. The van der Waals surface area contributed by atoms with Crippen molar-refractivity contribution in [3.63, 3.8) is 0 Å². The number of carboxylic acid groups (broad SMARTS) is 1. The Kier molecular flexibility index (Phi) is 4.93. The van der Waals surface area contributed by atoms with Crippen LogP contribution in [-0.4, -0.2) is 11.1 Å². The Balaban J connectivity index is 1.47. The molecule has 4 aromatic rings. The average Bonchev–Trinajstić information content (AvgIpc) is 2.73. The Labute approximate surface area is 162 Å². The summed E-state index contributed by atoms with van der Waals surface area (Å²) in [4.78, 5) is 10.9. The Bertz CT molecular complexity index is 1100. The third-order valence-corrected chi connectivity index (χ3v) is 4.37. The van der Waals surface area contributed by atoms with Crippen molar-refractivity contribution in [1.82, 2.24) is 0 Å². The molecule has 0 saturated carbocycles. The maximum absolute atomic E-state index is 10.9. The van der Waals surface area contributed by atoms with Gasteiger partial charge in [-0.1, -0.05) is 42.5 Å². The van der Waals surface area contributed by atoms with Crippen molar-refractivity contribution in [2.24, 2.45) is 0 Å². The number of carbonyl (C=O) groups is 1. The van der Waals surface area contributed by atoms with Gasteiger partial charge in [-0.25, -0.2) is 4.79 Å². The predicted octanol–water partition coefficient (Wildman–Crippen LogP) is 5.91. The van der Waals surface area contributed by atoms with Gasteiger partial charge in [0, 0.05) is 0 Å². The van der Waals surface area contributed by atoms with Crippen LogP contribution in [0, 0.1) is 0 Å². The molecule has 4 nitrogen and oxygen atoms in total. The maximum atomic E-state index is 10.9. The summed E-state index contributed by atoms with van der Waals surface area (Å²) in [6, 6.07) is 28.1. The summed E-state index contributed by atoms with van der Waals surface area (Å²) in [5, 5.41) is 11.0. The standard InChI is InChI=1S/C24H18O4/c25-24(26)18-6-10-21(11-7-18)28-23-13-9-19-14-22(12-8-20(19)15-23)27-16-17-4-2-1-3-5-17/h1-15H,16H2,(H,25,26). The highest BCUT2D eigenvalue weighted by Crippen LogP contribution is 2.28. The molecule has 28 heavy (non-hydrogen) atoms. The fraction of sp³-hybridized carbons (Fsp3) is 0.0417. The highest BCUT2D eigenvalue weighted by molar-refractivity contribution is 5.87. The molecule has 0 atom stereocenters. The van der Waals surface area contributed by atoms with Crippen LogP contribution in [0.2, 0.25) is 0 Å². The van der Waals surface area contributed by atoms with E-state index in [1.807, 2.05) is 66.7 Å². The van der Waals surface area contributed by atoms with E-state index in [1.165, 1.54) is 12.1 Å². The van der Waals surface area contributed by atoms with E-state index in [-0.39, 0.29) is 5.56 Å². The highest BCUT2D eigenvalue weighted by atomic mass is 16.5. The lowest BCUT2D eigenvalue weighted by Crippen LogP contribution is -1.95. The topological polar surface area (TPSA) is 55.8 Å². The molecule has 4 aromatic carbocycles. The number of fused-ring (bicyclic) bond motifs is 1. The first-order valence-electron chi connectivity index (χ1n) is 8.89. The molecule has 0 bridgehead atoms. The fourth-order valence-electron chi connectivity index (χ4n) is 2.90. The Hall–Kier alpha value is -3.79. The number of hydrogen-bond acceptors (Lipinski definition) is 3. The van der Waals surface area contributed by atoms with Crippen molar-refractivity contribution in [3.05, 3.63) is 102 Å². The first-order chi connectivity index (χ1) is 13.7. The molecule has 0 heterocycles. The molecule has 1 N–H and O–H groups in total. The minimum absolute atomic E-state index is 0.230. The predicted molar refractivity (Wildman–Crippen MR) is 108 cm³/mol. The zero-order valence-corrected chi connectivity index (χ0v) is 15.0. The van der Waals surface area contributed by atoms with E-state index in [2.05, 4.69) is 0 Å². The van der Waals surface area contributed by atoms with Gasteiger partial charge in [0.25, 0.3) is 0 Å². The minimum atomic E-state index is -0.956. The highest BCUT2D eigenvalue weighted by Gasteiger charge is 2.05. The monoisotopic (exact) mass is 370 g/mol. The van der Waals surface area contributed by atoms with Gasteiger partial charge in [-0.15, -0.1) is 0 Å². The normalized spacial score (nSPS) is 10.6. The summed E-state index contributed by atoms with van der Waals surface area (Å²) in [7, 11) is 0. The zero-order valence-electron chi connectivity index (χ0n) is 15.0. The lowest BCUT2D eigenvalue weighted by molar-refractivity contribution is 0.0697. The lowest BCUT2D eigenvalue weighted by atomic mass is 10.1. The van der Waals surface area contributed by atoms with E-state index >= 15 is 0 Å². The summed E-state index contributed by atoms with van der Waals surface area (Å²) in [5.74, 6) is 1.14. The average molecular weight is 370 g/mol. The van der Waals surface area contributed by atoms with E-state index in [0.29, 0.717) is 18.1 Å². The number of benzene rings is 4. The lowest BCUT2D eigenvalue weighted by Gasteiger charge is -2.10. The summed E-state index contributed by atoms with van der Waals surface area (Å²) < 4.78 is 11.7. The third kappa shape index (κ3) is 4.13. The molecular formula is C24H18O4. The number of aromatic carboxylic acids is 1. The molecule has 138 valence electrons. The Morgan fingerprint density at radius 2 is 1.32 bits per heavy atom. The van der Waals surface area contributed by atoms with Gasteiger partial charge < -0.3 is 14.6 Å². The Morgan fingerprint density at radius 3 is 2.00 bits per heavy atom. The first-order valence-corrected chi connectivity index (χ1v) is 8.89. The molecule has 0 radical (unpaired) electrons. The van der Waals surface area contributed by atoms with Crippen molar-refractivity contribution in [1.29, 1.82) is 0 Å². The minimum Gasteiger partial charge on any atom is -0.489 e. The van der Waals surface area contributed by atoms with E-state index in [0.717, 1.165) is 22.1 Å². The van der Waals surface area contributed by atoms with Gasteiger partial charge in [-0.2, -0.15) is 0 Å². The SMILES string of the molecule is O=C(O)c1ccc(Oc2ccc3cc(OCc4ccccc4)ccc3c2)cc1. The van der Waals surface area contributed by atoms with Crippen molar-refractivity contribution in [2.45, 2.75) is 6.61 Å². The molecular weight excluding hydrogens is 352 g/mol. The summed E-state index contributed by atoms with van der Waals surface area (Å²) in [5.41, 5.74) is 1.36. The van der Waals surface area contributed by atoms with Crippen LogP contribution in [0.1, 0.15) is 15.9 Å². The summed E-state index contributed by atoms with van der Waals surface area (Å²) >= 11 is 0. The van der Waals surface area contributed by atoms with Gasteiger partial charge in [0.05, 0.1) is 5.56 Å². The maximum Gasteiger partial charge on any atom is 0.335 e. The molecule has 0 amide bonds. The first kappa shape index (κ1) is 17.6. The van der Waals surface area contributed by atoms with Gasteiger partial charge in [0.15, 0.2) is 0 Å². The van der Waals surface area contributed by atoms with E-state index in [1.54, 1.807) is 12.1 Å². The molecule has 4 heteroatoms. The second kappa shape index (κ2) is 7.84. The van der Waals surface area contributed by atoms with Crippen LogP contribution in [0.25, 0.3) is 10.8 Å². The summed E-state index contributed by atoms with van der Waals surface area (Å²) in [6.45, 7) is 0.528. The van der Waals surface area contributed by atoms with Crippen molar-refractivity contribution in [2.75, 3.05) is 0 Å². The van der Waals surface area contributed by atoms with E-state index in [4.69, 9.17) is 14.6 Å². The van der Waals surface area contributed by atoms with Crippen LogP contribution in [0.3, 0.4) is 0 Å². The second-order valence-electron chi connectivity index (χ2n) is 6.38. The number of rotatable bonds is 6. The van der Waals surface area contributed by atoms with E-state index < -0.39 is 5.97 Å². The van der Waals surface area contributed by atoms with Crippen LogP contribution < -0.4 is 9.47 Å². The second-order valence-corrected chi connectivity index (χ2v) is 6.38. The molecule has 0 aliphatic rings. The molecule has 0 aromatic heterocycles. The van der Waals surface area contributed by atoms with Gasteiger partial charge in [-0.3, -0.25) is 0 Å². The molecule has 0 saturated heterocycles. The fourth-order valence-corrected chi connectivity index (χ4v) is 2.90. The molecule has 0 aliphatic carbocycles. The van der Waals surface area contributed by atoms with Gasteiger partial charge in [0.2, 0.25) is 0 Å². The molecule has 4 rings (SSSR count). The van der Waals surface area contributed by atoms with Crippen LogP contribution in [0.5, 0.6) is 17.2 Å². The van der Waals surface area contributed by atoms with E-state index in [9.17, 15) is 4.79 Å². The number of ether oxygens (including phenoxy) is 2. The van der Waals surface area contributed by atoms with Crippen LogP contribution in [0.15, 0.2) is 91.0 Å². The van der Waals surface area contributed by atoms with Crippen LogP contribution in [0.4, 0.5) is 0 Å². The van der Waals surface area contributed by atoms with Crippen molar-refractivity contribution >= 4 is 16.7 Å². The third-order valence-electron chi connectivity index (χ3n) is 4.37. The van der Waals surface area contributed by atoms with Gasteiger partial charge >= 0.3 is 5.97 Å². The molecule has 0 fully saturated rings. The quantitative estimate of drug-likeness (QED) is 0.458. The van der Waals surface area contributed by atoms with Crippen molar-refractivity contribution < 1.29 is 19.4 Å². The molecule has 0 aliphatic heterocycles. The molecule has 0 spiro atoms. The zero-order chi connectivity index (χ0) is 19.3. The number of hydrogen-bond donors (Lipinski definition) is 1. The van der Waals surface area contributed by atoms with Gasteiger partial charge in [0.1, 0.15) is 23.9 Å². The molecule has 0 unspecified atom stereocenters. The Morgan fingerprint density at radius 1 is 0.714 bits per heavy atom. The van der Waals surface area contributed by atoms with Gasteiger partial charge in [-0.05, 0) is 64.9 Å². The van der Waals surface area contributed by atoms with Crippen LogP contribution >= 0.6 is 0 Å².